The molecular formula is C25H27FN6O3. The molecule has 1 unspecified atom stereocenters. The lowest BCUT2D eigenvalue weighted by Crippen LogP contribution is -2.29. The highest BCUT2D eigenvalue weighted by atomic mass is 19.1. The number of fused-ring (bicyclic) bond motifs is 1. The van der Waals surface area contributed by atoms with Gasteiger partial charge in [-0.15, -0.1) is 0 Å². The third kappa shape index (κ3) is 5.55. The van der Waals surface area contributed by atoms with Gasteiger partial charge in [0.2, 0.25) is 5.95 Å². The number of carbonyl (C=O) groups is 1. The summed E-state index contributed by atoms with van der Waals surface area (Å²) < 4.78 is 26.2. The zero-order valence-corrected chi connectivity index (χ0v) is 19.9. The third-order valence-corrected chi connectivity index (χ3v) is 5.48. The number of amides is 1. The Balaban J connectivity index is 1.62. The molecule has 0 fully saturated rings. The van der Waals surface area contributed by atoms with Crippen molar-refractivity contribution in [2.45, 2.75) is 19.0 Å². The van der Waals surface area contributed by atoms with Crippen LogP contribution in [0.3, 0.4) is 0 Å². The molecule has 35 heavy (non-hydrogen) atoms. The molecule has 2 aromatic heterocycles. The molecule has 0 saturated heterocycles. The van der Waals surface area contributed by atoms with Crippen LogP contribution in [-0.2, 0) is 11.8 Å². The predicted octanol–water partition coefficient (Wildman–Crippen LogP) is 3.48. The number of nitrogens with one attached hydrogen (secondary N) is 2. The average Bonchev–Trinajstić information content (AvgIpc) is 3.27. The number of aromatic nitrogens is 4. The highest BCUT2D eigenvalue weighted by Crippen LogP contribution is 2.27. The molecule has 2 aromatic carbocycles. The standard InChI is InChI=1S/C25H27FN6O3/c1-15(14-34-3)29-25-27-11-18-6-5-17(10-21(18)30-25)24(33)31-23(19-12-28-32(2)13-19)16-7-8-22(35-4)20(26)9-16/h5-13,15,23H,14H2,1-4H3,(H,31,33)(H,27,29,30)/t15-,23?/m0/s1. The number of anilines is 1. The number of hydrogen-bond acceptors (Lipinski definition) is 7. The van der Waals surface area contributed by atoms with Crippen molar-refractivity contribution in [1.29, 1.82) is 0 Å². The summed E-state index contributed by atoms with van der Waals surface area (Å²) in [6.07, 6.45) is 5.12. The van der Waals surface area contributed by atoms with Crippen LogP contribution in [-0.4, -0.2) is 52.5 Å². The quantitative estimate of drug-likeness (QED) is 0.380. The first-order chi connectivity index (χ1) is 16.9. The van der Waals surface area contributed by atoms with Gasteiger partial charge in [-0.05, 0) is 36.8 Å². The molecule has 2 atom stereocenters. The van der Waals surface area contributed by atoms with Gasteiger partial charge in [0.1, 0.15) is 0 Å². The highest BCUT2D eigenvalue weighted by Gasteiger charge is 2.21. The van der Waals surface area contributed by atoms with Gasteiger partial charge in [-0.1, -0.05) is 12.1 Å². The van der Waals surface area contributed by atoms with E-state index in [-0.39, 0.29) is 17.7 Å². The molecule has 0 aliphatic heterocycles. The van der Waals surface area contributed by atoms with Gasteiger partial charge in [0, 0.05) is 49.1 Å². The van der Waals surface area contributed by atoms with Gasteiger partial charge in [0.05, 0.1) is 31.5 Å². The van der Waals surface area contributed by atoms with Crippen molar-refractivity contribution in [1.82, 2.24) is 25.1 Å². The third-order valence-electron chi connectivity index (χ3n) is 5.48. The summed E-state index contributed by atoms with van der Waals surface area (Å²) >= 11 is 0. The van der Waals surface area contributed by atoms with Gasteiger partial charge in [-0.3, -0.25) is 9.48 Å². The van der Waals surface area contributed by atoms with Gasteiger partial charge in [-0.2, -0.15) is 5.10 Å². The summed E-state index contributed by atoms with van der Waals surface area (Å²) in [5, 5.41) is 11.2. The van der Waals surface area contributed by atoms with E-state index in [1.165, 1.54) is 19.2 Å². The van der Waals surface area contributed by atoms with Crippen LogP contribution in [0, 0.1) is 5.82 Å². The molecule has 9 nitrogen and oxygen atoms in total. The lowest BCUT2D eigenvalue weighted by atomic mass is 10.0. The topological polar surface area (TPSA) is 103 Å². The van der Waals surface area contributed by atoms with Crippen LogP contribution >= 0.6 is 0 Å². The van der Waals surface area contributed by atoms with E-state index < -0.39 is 11.9 Å². The summed E-state index contributed by atoms with van der Waals surface area (Å²) in [5.74, 6) is -0.277. The molecular weight excluding hydrogens is 451 g/mol. The summed E-state index contributed by atoms with van der Waals surface area (Å²) in [4.78, 5) is 22.1. The molecule has 2 heterocycles. The first-order valence-electron chi connectivity index (χ1n) is 11.0. The number of aryl methyl sites for hydroxylation is 1. The minimum absolute atomic E-state index is 0.0223. The largest absolute Gasteiger partial charge is 0.494 e. The summed E-state index contributed by atoms with van der Waals surface area (Å²) in [5.41, 5.74) is 2.31. The van der Waals surface area contributed by atoms with Crippen molar-refractivity contribution >= 4 is 22.8 Å². The Kier molecular flexibility index (Phi) is 7.21. The fourth-order valence-electron chi connectivity index (χ4n) is 3.77. The Morgan fingerprint density at radius 2 is 1.97 bits per heavy atom. The molecule has 0 saturated carbocycles. The van der Waals surface area contributed by atoms with E-state index in [0.717, 1.165) is 5.39 Å². The fraction of sp³-hybridized carbons (Fsp3) is 0.280. The molecule has 0 aliphatic rings. The Morgan fingerprint density at radius 1 is 1.14 bits per heavy atom. The van der Waals surface area contributed by atoms with E-state index in [1.54, 1.807) is 61.7 Å². The van der Waals surface area contributed by atoms with Gasteiger partial charge in [-0.25, -0.2) is 14.4 Å². The zero-order valence-electron chi connectivity index (χ0n) is 19.9. The van der Waals surface area contributed by atoms with Gasteiger partial charge in [0.25, 0.3) is 5.91 Å². The van der Waals surface area contributed by atoms with Crippen LogP contribution < -0.4 is 15.4 Å². The lowest BCUT2D eigenvalue weighted by Gasteiger charge is -2.19. The molecule has 0 aliphatic carbocycles. The van der Waals surface area contributed by atoms with Crippen LogP contribution in [0.15, 0.2) is 55.0 Å². The summed E-state index contributed by atoms with van der Waals surface area (Å²) in [6.45, 7) is 2.47. The predicted molar refractivity (Wildman–Crippen MR) is 130 cm³/mol. The van der Waals surface area contributed by atoms with E-state index in [1.807, 2.05) is 6.92 Å². The number of methoxy groups -OCH3 is 2. The average molecular weight is 479 g/mol. The maximum absolute atomic E-state index is 14.5. The summed E-state index contributed by atoms with van der Waals surface area (Å²) in [6, 6.07) is 9.20. The minimum Gasteiger partial charge on any atom is -0.494 e. The Bertz CT molecular complexity index is 1340. The van der Waals surface area contributed by atoms with Crippen molar-refractivity contribution in [3.8, 4) is 5.75 Å². The minimum atomic E-state index is -0.621. The lowest BCUT2D eigenvalue weighted by molar-refractivity contribution is 0.0943. The fourth-order valence-corrected chi connectivity index (χ4v) is 3.77. The molecule has 0 spiro atoms. The number of carbonyl (C=O) groups excluding carboxylic acids is 1. The molecule has 0 radical (unpaired) electrons. The Hall–Kier alpha value is -4.05. The van der Waals surface area contributed by atoms with Crippen LogP contribution in [0.5, 0.6) is 5.75 Å². The van der Waals surface area contributed by atoms with E-state index >= 15 is 0 Å². The van der Waals surface area contributed by atoms with Crippen LogP contribution in [0.4, 0.5) is 10.3 Å². The number of halogens is 1. The molecule has 1 amide bonds. The van der Waals surface area contributed by atoms with Crippen molar-refractivity contribution < 1.29 is 18.7 Å². The second-order valence-electron chi connectivity index (χ2n) is 8.22. The van der Waals surface area contributed by atoms with Crippen LogP contribution in [0.2, 0.25) is 0 Å². The molecule has 4 rings (SSSR count). The van der Waals surface area contributed by atoms with E-state index in [0.29, 0.717) is 34.8 Å². The van der Waals surface area contributed by atoms with E-state index in [9.17, 15) is 9.18 Å². The Labute approximate surface area is 202 Å². The molecule has 0 bridgehead atoms. The van der Waals surface area contributed by atoms with Crippen molar-refractivity contribution in [2.75, 3.05) is 26.1 Å². The first-order valence-corrected chi connectivity index (χ1v) is 11.0. The monoisotopic (exact) mass is 478 g/mol. The number of rotatable bonds is 9. The second-order valence-corrected chi connectivity index (χ2v) is 8.22. The highest BCUT2D eigenvalue weighted by molar-refractivity contribution is 5.98. The molecule has 10 heteroatoms. The summed E-state index contributed by atoms with van der Waals surface area (Å²) in [7, 11) is 4.81. The van der Waals surface area contributed by atoms with Gasteiger partial charge in [0.15, 0.2) is 11.6 Å². The van der Waals surface area contributed by atoms with Crippen LogP contribution in [0.25, 0.3) is 10.9 Å². The Morgan fingerprint density at radius 3 is 2.66 bits per heavy atom. The van der Waals surface area contributed by atoms with Gasteiger partial charge >= 0.3 is 0 Å². The maximum atomic E-state index is 14.5. The molecule has 2 N–H and O–H groups in total. The normalized spacial score (nSPS) is 12.8. The van der Waals surface area contributed by atoms with Crippen molar-refractivity contribution in [3.63, 3.8) is 0 Å². The second kappa shape index (κ2) is 10.5. The first kappa shape index (κ1) is 24.1. The van der Waals surface area contributed by atoms with Crippen molar-refractivity contribution in [3.05, 3.63) is 77.5 Å². The number of hydrogen-bond donors (Lipinski definition) is 2. The van der Waals surface area contributed by atoms with Crippen molar-refractivity contribution in [2.24, 2.45) is 7.05 Å². The van der Waals surface area contributed by atoms with Crippen LogP contribution in [0.1, 0.15) is 34.5 Å². The number of nitrogens with zero attached hydrogens (tertiary/aromatic N) is 4. The van der Waals surface area contributed by atoms with E-state index in [2.05, 4.69) is 25.7 Å². The molecule has 182 valence electrons. The smallest absolute Gasteiger partial charge is 0.252 e. The number of ether oxygens (including phenoxy) is 2. The zero-order chi connectivity index (χ0) is 24.9. The molecule has 4 aromatic rings. The van der Waals surface area contributed by atoms with Gasteiger partial charge < -0.3 is 20.1 Å². The maximum Gasteiger partial charge on any atom is 0.252 e. The number of benzene rings is 2. The van der Waals surface area contributed by atoms with E-state index in [4.69, 9.17) is 9.47 Å². The SMILES string of the molecule is COC[C@H](C)Nc1ncc2ccc(C(=O)NC(c3ccc(OC)c(F)c3)c3cnn(C)c3)cc2n1.